The first-order valence-corrected chi connectivity index (χ1v) is 10.5. The second-order valence-electron chi connectivity index (χ2n) is 8.86. The van der Waals surface area contributed by atoms with Gasteiger partial charge < -0.3 is 20.1 Å². The van der Waals surface area contributed by atoms with Crippen molar-refractivity contribution in [2.75, 3.05) is 20.1 Å². The predicted molar refractivity (Wildman–Crippen MR) is 104 cm³/mol. The quantitative estimate of drug-likeness (QED) is 0.863. The zero-order valence-electron chi connectivity index (χ0n) is 16.4. The Hall–Kier alpha value is -2.08. The molecule has 4 atom stereocenters. The molecule has 2 N–H and O–H groups in total. The Morgan fingerprint density at radius 3 is 3.07 bits per heavy atom. The van der Waals surface area contributed by atoms with Crippen LogP contribution in [0.4, 0.5) is 4.79 Å². The van der Waals surface area contributed by atoms with Gasteiger partial charge in [0.2, 0.25) is 0 Å². The number of ketones is 1. The molecule has 0 radical (unpaired) electrons. The van der Waals surface area contributed by atoms with Crippen molar-refractivity contribution in [3.63, 3.8) is 0 Å². The van der Waals surface area contributed by atoms with Crippen LogP contribution < -0.4 is 15.2 Å². The van der Waals surface area contributed by atoms with Crippen LogP contribution in [0.15, 0.2) is 12.1 Å². The van der Waals surface area contributed by atoms with Crippen molar-refractivity contribution in [2.24, 2.45) is 17.6 Å². The van der Waals surface area contributed by atoms with E-state index in [9.17, 15) is 9.59 Å². The van der Waals surface area contributed by atoms with Crippen molar-refractivity contribution in [3.05, 3.63) is 23.3 Å². The van der Waals surface area contributed by atoms with E-state index in [1.807, 2.05) is 6.07 Å². The number of amides is 1. The summed E-state index contributed by atoms with van der Waals surface area (Å²) in [5.74, 6) is 2.45. The Morgan fingerprint density at radius 2 is 2.25 bits per heavy atom. The van der Waals surface area contributed by atoms with Crippen LogP contribution >= 0.6 is 0 Å². The second kappa shape index (κ2) is 6.48. The van der Waals surface area contributed by atoms with Crippen LogP contribution in [0, 0.1) is 11.8 Å². The van der Waals surface area contributed by atoms with Gasteiger partial charge in [-0.25, -0.2) is 4.79 Å². The normalized spacial score (nSPS) is 31.8. The molecule has 4 aliphatic rings. The summed E-state index contributed by atoms with van der Waals surface area (Å²) in [6, 6.07) is 3.93. The number of carbonyl (C=O) groups excluding carboxylic acids is 2. The van der Waals surface area contributed by atoms with E-state index in [0.717, 1.165) is 32.1 Å². The van der Waals surface area contributed by atoms with E-state index in [1.165, 1.54) is 22.4 Å². The van der Waals surface area contributed by atoms with Crippen LogP contribution in [-0.4, -0.2) is 43.0 Å². The molecule has 2 saturated carbocycles. The zero-order chi connectivity index (χ0) is 19.5. The molecule has 150 valence electrons. The highest BCUT2D eigenvalue weighted by Crippen LogP contribution is 2.65. The van der Waals surface area contributed by atoms with E-state index < -0.39 is 12.2 Å². The van der Waals surface area contributed by atoms with Crippen LogP contribution in [0.5, 0.6) is 11.5 Å². The zero-order valence-corrected chi connectivity index (χ0v) is 16.4. The van der Waals surface area contributed by atoms with Crippen LogP contribution in [0.1, 0.15) is 49.7 Å². The maximum absolute atomic E-state index is 12.8. The molecule has 2 fully saturated rings. The Labute approximate surface area is 165 Å². The summed E-state index contributed by atoms with van der Waals surface area (Å²) in [5, 5.41) is 0. The van der Waals surface area contributed by atoms with Gasteiger partial charge in [0.1, 0.15) is 0 Å². The lowest BCUT2D eigenvalue weighted by Gasteiger charge is -2.54. The van der Waals surface area contributed by atoms with E-state index in [0.29, 0.717) is 42.8 Å². The molecule has 1 aromatic carbocycles. The first-order valence-electron chi connectivity index (χ1n) is 10.5. The average molecular weight is 384 g/mol. The van der Waals surface area contributed by atoms with Crippen molar-refractivity contribution >= 4 is 11.9 Å². The lowest BCUT2D eigenvalue weighted by atomic mass is 9.48. The van der Waals surface area contributed by atoms with E-state index in [4.69, 9.17) is 15.2 Å². The van der Waals surface area contributed by atoms with Crippen LogP contribution in [0.3, 0.4) is 0 Å². The number of nitrogens with two attached hydrogens (primary N) is 1. The van der Waals surface area contributed by atoms with Gasteiger partial charge in [-0.05, 0) is 62.1 Å². The van der Waals surface area contributed by atoms with E-state index in [-0.39, 0.29) is 11.2 Å². The van der Waals surface area contributed by atoms with Gasteiger partial charge in [0, 0.05) is 31.0 Å². The number of ether oxygens (including phenoxy) is 2. The molecule has 1 aromatic rings. The maximum atomic E-state index is 12.8. The molecule has 1 spiro atoms. The molecule has 1 heterocycles. The van der Waals surface area contributed by atoms with E-state index in [2.05, 4.69) is 6.07 Å². The van der Waals surface area contributed by atoms with Crippen LogP contribution in [0.25, 0.3) is 0 Å². The lowest BCUT2D eigenvalue weighted by molar-refractivity contribution is -0.136. The maximum Gasteiger partial charge on any atom is 0.415 e. The summed E-state index contributed by atoms with van der Waals surface area (Å²) in [6.45, 7) is 1.07. The molecule has 1 amide bonds. The third-order valence-electron chi connectivity index (χ3n) is 7.46. The standard InChI is InChI=1S/C22H28N2O4/c1-24(11-3-10-23)21(26)27-17-8-5-14-12-13-4-2-9-22-15(13)6-7-16(25)20(22)28-19(17)18(14)22/h5,8,13,15,20H,2-4,6-7,9-12,23H2,1H3/t13-,15+,20+,22+/m1/s1. The summed E-state index contributed by atoms with van der Waals surface area (Å²) >= 11 is 0. The number of nitrogens with zero attached hydrogens (tertiary/aromatic N) is 1. The number of benzene rings is 1. The van der Waals surface area contributed by atoms with Crippen molar-refractivity contribution in [3.8, 4) is 11.5 Å². The van der Waals surface area contributed by atoms with Gasteiger partial charge in [-0.15, -0.1) is 0 Å². The molecule has 1 aliphatic heterocycles. The second-order valence-corrected chi connectivity index (χ2v) is 8.86. The Balaban J connectivity index is 1.54. The third-order valence-corrected chi connectivity index (χ3v) is 7.46. The highest BCUT2D eigenvalue weighted by Gasteiger charge is 2.64. The summed E-state index contributed by atoms with van der Waals surface area (Å²) in [5.41, 5.74) is 7.79. The summed E-state index contributed by atoms with van der Waals surface area (Å²) < 4.78 is 12.0. The minimum absolute atomic E-state index is 0.199. The predicted octanol–water partition coefficient (Wildman–Crippen LogP) is 2.80. The molecule has 6 nitrogen and oxygen atoms in total. The molecule has 28 heavy (non-hydrogen) atoms. The molecule has 6 heteroatoms. The minimum atomic E-state index is -0.416. The summed E-state index contributed by atoms with van der Waals surface area (Å²) in [4.78, 5) is 26.9. The first-order chi connectivity index (χ1) is 13.6. The van der Waals surface area contributed by atoms with Crippen LogP contribution in [0.2, 0.25) is 0 Å². The average Bonchev–Trinajstić information content (AvgIpc) is 3.03. The van der Waals surface area contributed by atoms with Gasteiger partial charge in [0.25, 0.3) is 0 Å². The minimum Gasteiger partial charge on any atom is -0.477 e. The molecule has 0 unspecified atom stereocenters. The van der Waals surface area contributed by atoms with Gasteiger partial charge in [0.05, 0.1) is 0 Å². The molecule has 5 rings (SSSR count). The summed E-state index contributed by atoms with van der Waals surface area (Å²) in [6.07, 6.45) is 5.90. The smallest absolute Gasteiger partial charge is 0.415 e. The Morgan fingerprint density at radius 1 is 1.39 bits per heavy atom. The van der Waals surface area contributed by atoms with Gasteiger partial charge in [-0.3, -0.25) is 4.79 Å². The fourth-order valence-electron chi connectivity index (χ4n) is 6.33. The van der Waals surface area contributed by atoms with Crippen molar-refractivity contribution < 1.29 is 19.1 Å². The van der Waals surface area contributed by atoms with Crippen molar-refractivity contribution in [1.82, 2.24) is 4.90 Å². The van der Waals surface area contributed by atoms with E-state index >= 15 is 0 Å². The highest BCUT2D eigenvalue weighted by molar-refractivity contribution is 5.89. The van der Waals surface area contributed by atoms with Gasteiger partial charge in [0.15, 0.2) is 23.4 Å². The third kappa shape index (κ3) is 2.36. The van der Waals surface area contributed by atoms with Crippen molar-refractivity contribution in [2.45, 2.75) is 56.5 Å². The van der Waals surface area contributed by atoms with Crippen LogP contribution in [-0.2, 0) is 16.6 Å². The number of rotatable bonds is 4. The van der Waals surface area contributed by atoms with Gasteiger partial charge in [-0.1, -0.05) is 12.5 Å². The summed E-state index contributed by atoms with van der Waals surface area (Å²) in [7, 11) is 1.71. The highest BCUT2D eigenvalue weighted by atomic mass is 16.6. The number of Topliss-reactive ketones (excluding diaryl/α,β-unsaturated/α-hetero) is 1. The monoisotopic (exact) mass is 384 g/mol. The lowest BCUT2D eigenvalue weighted by Crippen LogP contribution is -2.58. The van der Waals surface area contributed by atoms with E-state index in [1.54, 1.807) is 7.05 Å². The fraction of sp³-hybridized carbons (Fsp3) is 0.636. The molecular formula is C22H28N2O4. The SMILES string of the molecule is CN(CCCN)C(=O)Oc1ccc2c3c1O[C@H]1C(=O)CC[C@H]4[C@H](CCC[C@]314)C2. The molecule has 2 bridgehead atoms. The Kier molecular flexibility index (Phi) is 4.16. The largest absolute Gasteiger partial charge is 0.477 e. The van der Waals surface area contributed by atoms with Gasteiger partial charge in [-0.2, -0.15) is 0 Å². The molecule has 0 saturated heterocycles. The first kappa shape index (κ1) is 18.0. The number of hydrogen-bond acceptors (Lipinski definition) is 5. The number of hydrogen-bond donors (Lipinski definition) is 1. The number of carbonyl (C=O) groups is 2. The fourth-order valence-corrected chi connectivity index (χ4v) is 6.33. The van der Waals surface area contributed by atoms with Gasteiger partial charge >= 0.3 is 6.09 Å². The van der Waals surface area contributed by atoms with Crippen molar-refractivity contribution in [1.29, 1.82) is 0 Å². The topological polar surface area (TPSA) is 81.9 Å². The molecule has 0 aromatic heterocycles. The Bertz CT molecular complexity index is 838. The molecular weight excluding hydrogens is 356 g/mol. The molecule has 3 aliphatic carbocycles.